The van der Waals surface area contributed by atoms with Gasteiger partial charge in [0.15, 0.2) is 18.2 Å². The van der Waals surface area contributed by atoms with E-state index in [2.05, 4.69) is 10.2 Å². The third-order valence-corrected chi connectivity index (χ3v) is 9.15. The Hall–Kier alpha value is -5.72. The highest BCUT2D eigenvalue weighted by molar-refractivity contribution is 6.34. The van der Waals surface area contributed by atoms with E-state index in [1.807, 2.05) is 6.07 Å². The number of amides is 1. The molecule has 0 atom stereocenters. The van der Waals surface area contributed by atoms with Gasteiger partial charge in [-0.05, 0) is 56.2 Å². The van der Waals surface area contributed by atoms with Crippen LogP contribution in [0.2, 0.25) is 5.02 Å². The topological polar surface area (TPSA) is 179 Å². The van der Waals surface area contributed by atoms with Crippen molar-refractivity contribution in [2.45, 2.75) is 74.5 Å². The van der Waals surface area contributed by atoms with Crippen LogP contribution in [0.5, 0.6) is 0 Å². The first-order valence-electron chi connectivity index (χ1n) is 16.2. The molecule has 0 spiro atoms. The second kappa shape index (κ2) is 15.4. The minimum Gasteiger partial charge on any atom is -0.478 e. The molecule has 1 aromatic carbocycles. The van der Waals surface area contributed by atoms with E-state index in [-0.39, 0.29) is 64.9 Å². The third kappa shape index (κ3) is 8.72. The molecule has 2 aliphatic rings. The molecule has 2 fully saturated rings. The number of nitriles is 1. The number of aromatic nitrogens is 4. The number of halogens is 9. The van der Waals surface area contributed by atoms with Crippen molar-refractivity contribution < 1.29 is 73.6 Å². The van der Waals surface area contributed by atoms with Crippen LogP contribution in [0, 0.1) is 11.3 Å². The Labute approximate surface area is 314 Å². The molecule has 0 radical (unpaired) electrons. The van der Waals surface area contributed by atoms with Gasteiger partial charge in [-0.2, -0.15) is 50.6 Å². The Morgan fingerprint density at radius 1 is 1.02 bits per heavy atom. The van der Waals surface area contributed by atoms with Gasteiger partial charge < -0.3 is 19.3 Å². The summed E-state index contributed by atoms with van der Waals surface area (Å²) in [5.41, 5.74) is -6.65. The van der Waals surface area contributed by atoms with Crippen molar-refractivity contribution in [1.29, 1.82) is 5.26 Å². The predicted octanol–water partition coefficient (Wildman–Crippen LogP) is 6.70. The fraction of sp³-hybridized carbons (Fsp3) is 0.424. The van der Waals surface area contributed by atoms with Crippen LogP contribution in [0.15, 0.2) is 42.7 Å². The summed E-state index contributed by atoms with van der Waals surface area (Å²) in [5, 5.41) is 24.9. The van der Waals surface area contributed by atoms with Crippen molar-refractivity contribution in [1.82, 2.24) is 24.5 Å². The van der Waals surface area contributed by atoms with Crippen molar-refractivity contribution in [2.75, 3.05) is 6.73 Å². The summed E-state index contributed by atoms with van der Waals surface area (Å²) in [6.45, 7) is -0.780. The fourth-order valence-corrected chi connectivity index (χ4v) is 6.03. The van der Waals surface area contributed by atoms with Gasteiger partial charge in [-0.25, -0.2) is 23.7 Å². The van der Waals surface area contributed by atoms with Crippen LogP contribution in [0.1, 0.15) is 60.1 Å². The molecule has 3 aromatic rings. The molecule has 300 valence electrons. The number of alkyl halides is 8. The van der Waals surface area contributed by atoms with E-state index in [4.69, 9.17) is 30.9 Å². The number of aryl methyl sites for hydroxylation is 1. The van der Waals surface area contributed by atoms with Gasteiger partial charge in [-0.3, -0.25) is 9.69 Å². The van der Waals surface area contributed by atoms with E-state index in [1.54, 1.807) is 0 Å². The molecular formula is C33H27ClF8N6O8. The Kier molecular flexibility index (Phi) is 11.4. The zero-order valence-electron chi connectivity index (χ0n) is 28.5. The first-order chi connectivity index (χ1) is 26.1. The van der Waals surface area contributed by atoms with Crippen molar-refractivity contribution in [2.24, 2.45) is 7.05 Å². The molecule has 2 saturated carbocycles. The number of esters is 1. The number of hydrogen-bond donors (Lipinski definition) is 1. The highest BCUT2D eigenvalue weighted by Gasteiger charge is 2.64. The molecule has 2 aromatic heterocycles. The molecule has 0 bridgehead atoms. The van der Waals surface area contributed by atoms with Gasteiger partial charge in [0.05, 0.1) is 22.9 Å². The van der Waals surface area contributed by atoms with Crippen LogP contribution < -0.4 is 0 Å². The van der Waals surface area contributed by atoms with E-state index < -0.39 is 83.8 Å². The molecule has 1 amide bonds. The molecular weight excluding hydrogens is 796 g/mol. The summed E-state index contributed by atoms with van der Waals surface area (Å²) in [6.07, 6.45) is -9.95. The predicted molar refractivity (Wildman–Crippen MR) is 171 cm³/mol. The lowest BCUT2D eigenvalue weighted by Crippen LogP contribution is -2.44. The molecule has 1 N–H and O–H groups in total. The molecule has 2 heterocycles. The van der Waals surface area contributed by atoms with Gasteiger partial charge in [-0.1, -0.05) is 17.7 Å². The number of hydrogen-bond acceptors (Lipinski definition) is 10. The third-order valence-electron chi connectivity index (χ3n) is 8.82. The number of nitrogens with zero attached hydrogens (tertiary/aromatic N) is 6. The Morgan fingerprint density at radius 3 is 2.20 bits per heavy atom. The van der Waals surface area contributed by atoms with Crippen molar-refractivity contribution in [3.8, 4) is 23.0 Å². The number of aliphatic carboxylic acids is 1. The number of carbonyl (C=O) groups excluding carboxylic acids is 3. The van der Waals surface area contributed by atoms with E-state index >= 15 is 0 Å². The first kappa shape index (κ1) is 41.4. The summed E-state index contributed by atoms with van der Waals surface area (Å²) < 4.78 is 126. The van der Waals surface area contributed by atoms with Gasteiger partial charge in [0.2, 0.25) is 0 Å². The first-order valence-corrected chi connectivity index (χ1v) is 16.6. The van der Waals surface area contributed by atoms with Crippen LogP contribution >= 0.6 is 11.6 Å². The van der Waals surface area contributed by atoms with Gasteiger partial charge in [0.25, 0.3) is 5.91 Å². The Balaban J connectivity index is 1.32. The number of ether oxygens (including phenoxy) is 3. The number of carbonyl (C=O) groups is 4. The maximum absolute atomic E-state index is 14.2. The summed E-state index contributed by atoms with van der Waals surface area (Å²) in [5.74, 6) is -10.3. The molecule has 0 unspecified atom stereocenters. The minimum absolute atomic E-state index is 0.0526. The fourth-order valence-electron chi connectivity index (χ4n) is 5.83. The quantitative estimate of drug-likeness (QED) is 0.0941. The van der Waals surface area contributed by atoms with Crippen LogP contribution in [-0.2, 0) is 42.9 Å². The standard InChI is InChI=1S/C33H27ClF8N6O8/c1-46-27(25(32(37,38)39)26(45-46)31(35,36)33(40,41)42)48-14-18(13-44-48)17-2-7-22(34)21(12-17)28(52)47(30(15-43)10-11-30)16-54-29(53)56-20-5-3-19(4-6-20)55-24(51)9-8-23(49)50/h2,7-9,12-14,19-20H,3-6,10-11,16H2,1H3,(H,49,50)/b9-8+. The van der Waals surface area contributed by atoms with Gasteiger partial charge in [0, 0.05) is 31.0 Å². The number of rotatable bonds is 11. The summed E-state index contributed by atoms with van der Waals surface area (Å²) in [7, 11) is 0.715. The smallest absolute Gasteiger partial charge is 0.478 e. The van der Waals surface area contributed by atoms with E-state index in [0.717, 1.165) is 29.4 Å². The zero-order chi connectivity index (χ0) is 41.4. The highest BCUT2D eigenvalue weighted by Crippen LogP contribution is 2.49. The molecule has 0 aliphatic heterocycles. The van der Waals surface area contributed by atoms with Gasteiger partial charge in [-0.15, -0.1) is 0 Å². The van der Waals surface area contributed by atoms with Crippen LogP contribution in [-0.4, -0.2) is 84.2 Å². The largest absolute Gasteiger partial charge is 0.510 e. The Bertz CT molecular complexity index is 2100. The lowest BCUT2D eigenvalue weighted by atomic mass is 9.95. The zero-order valence-corrected chi connectivity index (χ0v) is 29.3. The van der Waals surface area contributed by atoms with Crippen LogP contribution in [0.25, 0.3) is 16.9 Å². The number of benzene rings is 1. The average molecular weight is 823 g/mol. The number of carboxylic acid groups (broad SMARTS) is 1. The second-order valence-corrected chi connectivity index (χ2v) is 13.0. The SMILES string of the molecule is Cn1nc(C(F)(F)C(F)(F)F)c(C(F)(F)F)c1-n1cc(-c2ccc(Cl)c(C(=O)N(COC(=O)OC3CCC(OC(=O)/C=C/C(=O)O)CC3)C3(C#N)CC3)c2)cn1. The van der Waals surface area contributed by atoms with Gasteiger partial charge in [0.1, 0.15) is 23.3 Å². The van der Waals surface area contributed by atoms with E-state index in [9.17, 15) is 59.6 Å². The maximum Gasteiger partial charge on any atom is 0.510 e. The molecule has 5 rings (SSSR count). The highest BCUT2D eigenvalue weighted by atomic mass is 35.5. The van der Waals surface area contributed by atoms with Crippen molar-refractivity contribution in [3.63, 3.8) is 0 Å². The van der Waals surface area contributed by atoms with E-state index in [0.29, 0.717) is 17.8 Å². The van der Waals surface area contributed by atoms with Crippen LogP contribution in [0.4, 0.5) is 39.9 Å². The molecule has 0 saturated heterocycles. The Morgan fingerprint density at radius 2 is 1.64 bits per heavy atom. The summed E-state index contributed by atoms with van der Waals surface area (Å²) in [4.78, 5) is 49.7. The summed E-state index contributed by atoms with van der Waals surface area (Å²) in [6, 6.07) is 5.66. The average Bonchev–Trinajstić information content (AvgIpc) is 3.58. The lowest BCUT2D eigenvalue weighted by molar-refractivity contribution is -0.292. The molecule has 23 heteroatoms. The second-order valence-electron chi connectivity index (χ2n) is 12.6. The minimum atomic E-state index is -6.41. The summed E-state index contributed by atoms with van der Waals surface area (Å²) >= 11 is 6.33. The monoisotopic (exact) mass is 822 g/mol. The molecule has 14 nitrogen and oxygen atoms in total. The molecule has 56 heavy (non-hydrogen) atoms. The van der Waals surface area contributed by atoms with Crippen molar-refractivity contribution >= 4 is 35.6 Å². The molecule has 2 aliphatic carbocycles. The normalized spacial score (nSPS) is 18.2. The lowest BCUT2D eigenvalue weighted by Gasteiger charge is -2.29. The van der Waals surface area contributed by atoms with Crippen LogP contribution in [0.3, 0.4) is 0 Å². The maximum atomic E-state index is 14.2. The van der Waals surface area contributed by atoms with E-state index in [1.165, 1.54) is 12.1 Å². The number of carboxylic acids is 1. The van der Waals surface area contributed by atoms with Gasteiger partial charge >= 0.3 is 36.4 Å². The van der Waals surface area contributed by atoms with Crippen molar-refractivity contribution in [3.05, 3.63) is 64.6 Å².